The molecule has 0 aliphatic carbocycles. The lowest BCUT2D eigenvalue weighted by Gasteiger charge is -2.21. The molecular weight excluding hydrogens is 326 g/mol. The largest absolute Gasteiger partial charge is 0.497 e. The summed E-state index contributed by atoms with van der Waals surface area (Å²) in [5.74, 6) is 1.54. The zero-order valence-corrected chi connectivity index (χ0v) is 14.2. The van der Waals surface area contributed by atoms with Gasteiger partial charge in [-0.25, -0.2) is 4.68 Å². The topological polar surface area (TPSA) is 64.9 Å². The van der Waals surface area contributed by atoms with Gasteiger partial charge in [0.2, 0.25) is 0 Å². The van der Waals surface area contributed by atoms with E-state index in [-0.39, 0.29) is 6.04 Å². The van der Waals surface area contributed by atoms with Gasteiger partial charge in [0.1, 0.15) is 5.75 Å². The lowest BCUT2D eigenvalue weighted by atomic mass is 9.98. The average Bonchev–Trinajstić information content (AvgIpc) is 3.02. The van der Waals surface area contributed by atoms with Gasteiger partial charge in [-0.2, -0.15) is 0 Å². The number of benzene rings is 2. The molecule has 0 aliphatic heterocycles. The number of aryl methyl sites for hydroxylation is 1. The van der Waals surface area contributed by atoms with Crippen molar-refractivity contribution in [3.05, 3.63) is 70.5 Å². The van der Waals surface area contributed by atoms with Gasteiger partial charge in [0.05, 0.1) is 19.7 Å². The fourth-order valence-corrected chi connectivity index (χ4v) is 2.77. The van der Waals surface area contributed by atoms with Crippen molar-refractivity contribution in [2.45, 2.75) is 12.6 Å². The molecule has 3 aromatic rings. The van der Waals surface area contributed by atoms with E-state index in [1.807, 2.05) is 55.6 Å². The van der Waals surface area contributed by atoms with Crippen molar-refractivity contribution in [1.82, 2.24) is 25.5 Å². The Bertz CT molecular complexity index is 820. The summed E-state index contributed by atoms with van der Waals surface area (Å²) in [6.07, 6.45) is 0. The molecule has 0 aliphatic rings. The maximum absolute atomic E-state index is 6.42. The van der Waals surface area contributed by atoms with Gasteiger partial charge in [-0.15, -0.1) is 5.10 Å². The number of rotatable bonds is 6. The molecule has 1 unspecified atom stereocenters. The minimum absolute atomic E-state index is 0.106. The normalized spacial score (nSPS) is 12.1. The maximum atomic E-state index is 6.42. The first-order valence-corrected chi connectivity index (χ1v) is 7.90. The van der Waals surface area contributed by atoms with Crippen molar-refractivity contribution >= 4 is 11.6 Å². The second kappa shape index (κ2) is 7.42. The van der Waals surface area contributed by atoms with E-state index in [1.165, 1.54) is 0 Å². The number of methoxy groups -OCH3 is 1. The fraction of sp³-hybridized carbons (Fsp3) is 0.235. The first kappa shape index (κ1) is 16.4. The molecular formula is C17H18ClN5O. The third-order valence-corrected chi connectivity index (χ3v) is 4.16. The van der Waals surface area contributed by atoms with E-state index in [1.54, 1.807) is 11.8 Å². The molecule has 0 saturated carbocycles. The van der Waals surface area contributed by atoms with Gasteiger partial charge in [-0.3, -0.25) is 5.32 Å². The quantitative estimate of drug-likeness (QED) is 0.745. The van der Waals surface area contributed by atoms with Crippen molar-refractivity contribution < 1.29 is 4.74 Å². The molecule has 2 aromatic carbocycles. The monoisotopic (exact) mass is 343 g/mol. The molecule has 124 valence electrons. The van der Waals surface area contributed by atoms with E-state index in [0.29, 0.717) is 11.6 Å². The molecule has 0 saturated heterocycles. The van der Waals surface area contributed by atoms with Crippen molar-refractivity contribution in [2.24, 2.45) is 7.05 Å². The van der Waals surface area contributed by atoms with Crippen LogP contribution in [0.25, 0.3) is 0 Å². The first-order valence-electron chi connectivity index (χ1n) is 7.52. The first-order chi connectivity index (χ1) is 11.7. The summed E-state index contributed by atoms with van der Waals surface area (Å²) in [6.45, 7) is 0.511. The predicted molar refractivity (Wildman–Crippen MR) is 91.9 cm³/mol. The van der Waals surface area contributed by atoms with Crippen molar-refractivity contribution in [1.29, 1.82) is 0 Å². The Morgan fingerprint density at radius 2 is 2.04 bits per heavy atom. The fourth-order valence-electron chi connectivity index (χ4n) is 2.53. The summed E-state index contributed by atoms with van der Waals surface area (Å²) < 4.78 is 6.98. The van der Waals surface area contributed by atoms with Crippen molar-refractivity contribution in [2.75, 3.05) is 7.11 Å². The molecule has 0 spiro atoms. The molecule has 0 fully saturated rings. The molecule has 1 aromatic heterocycles. The van der Waals surface area contributed by atoms with E-state index >= 15 is 0 Å². The van der Waals surface area contributed by atoms with E-state index in [0.717, 1.165) is 22.7 Å². The molecule has 7 heteroatoms. The molecule has 6 nitrogen and oxygen atoms in total. The van der Waals surface area contributed by atoms with Crippen LogP contribution in [0.2, 0.25) is 5.02 Å². The third-order valence-electron chi connectivity index (χ3n) is 3.82. The van der Waals surface area contributed by atoms with Crippen LogP contribution in [0.15, 0.2) is 48.5 Å². The molecule has 0 radical (unpaired) electrons. The Morgan fingerprint density at radius 3 is 2.75 bits per heavy atom. The van der Waals surface area contributed by atoms with Crippen LogP contribution in [0.3, 0.4) is 0 Å². The summed E-state index contributed by atoms with van der Waals surface area (Å²) in [5, 5.41) is 15.7. The molecule has 0 bridgehead atoms. The minimum Gasteiger partial charge on any atom is -0.497 e. The van der Waals surface area contributed by atoms with Crippen LogP contribution in [-0.4, -0.2) is 27.3 Å². The van der Waals surface area contributed by atoms with Gasteiger partial charge in [0.15, 0.2) is 5.82 Å². The number of hydrogen-bond acceptors (Lipinski definition) is 5. The molecule has 1 N–H and O–H groups in total. The maximum Gasteiger partial charge on any atom is 0.164 e. The molecule has 1 atom stereocenters. The highest BCUT2D eigenvalue weighted by Gasteiger charge is 2.18. The highest BCUT2D eigenvalue weighted by Crippen LogP contribution is 2.30. The van der Waals surface area contributed by atoms with E-state index in [4.69, 9.17) is 16.3 Å². The Kier molecular flexibility index (Phi) is 5.08. The lowest BCUT2D eigenvalue weighted by Crippen LogP contribution is -2.24. The lowest BCUT2D eigenvalue weighted by molar-refractivity contribution is 0.413. The number of halogens is 1. The summed E-state index contributed by atoms with van der Waals surface area (Å²) in [4.78, 5) is 0. The highest BCUT2D eigenvalue weighted by atomic mass is 35.5. The van der Waals surface area contributed by atoms with Crippen LogP contribution in [0.4, 0.5) is 0 Å². The smallest absolute Gasteiger partial charge is 0.164 e. The average molecular weight is 344 g/mol. The number of aromatic nitrogens is 4. The van der Waals surface area contributed by atoms with Gasteiger partial charge < -0.3 is 4.74 Å². The second-order valence-electron chi connectivity index (χ2n) is 5.33. The number of tetrazole rings is 1. The Balaban J connectivity index is 1.94. The zero-order chi connectivity index (χ0) is 16.9. The SMILES string of the molecule is COc1cccc(C(NCc2nnnn2C)c2ccccc2Cl)c1. The number of nitrogens with zero attached hydrogens (tertiary/aromatic N) is 4. The Morgan fingerprint density at radius 1 is 1.21 bits per heavy atom. The summed E-state index contributed by atoms with van der Waals surface area (Å²) >= 11 is 6.42. The van der Waals surface area contributed by atoms with Gasteiger partial charge in [0, 0.05) is 12.1 Å². The van der Waals surface area contributed by atoms with E-state index < -0.39 is 0 Å². The summed E-state index contributed by atoms with van der Waals surface area (Å²) in [6, 6.07) is 15.6. The van der Waals surface area contributed by atoms with E-state index in [9.17, 15) is 0 Å². The molecule has 3 rings (SSSR count). The van der Waals surface area contributed by atoms with Crippen LogP contribution in [0, 0.1) is 0 Å². The highest BCUT2D eigenvalue weighted by molar-refractivity contribution is 6.31. The van der Waals surface area contributed by atoms with Gasteiger partial charge in [0.25, 0.3) is 0 Å². The van der Waals surface area contributed by atoms with Crippen LogP contribution < -0.4 is 10.1 Å². The summed E-state index contributed by atoms with van der Waals surface area (Å²) in [7, 11) is 3.47. The zero-order valence-electron chi connectivity index (χ0n) is 13.5. The molecule has 24 heavy (non-hydrogen) atoms. The number of hydrogen-bond donors (Lipinski definition) is 1. The van der Waals surface area contributed by atoms with Crippen LogP contribution in [-0.2, 0) is 13.6 Å². The van der Waals surface area contributed by atoms with Crippen LogP contribution in [0.5, 0.6) is 5.75 Å². The predicted octanol–water partition coefficient (Wildman–Crippen LogP) is 2.75. The summed E-state index contributed by atoms with van der Waals surface area (Å²) in [5.41, 5.74) is 2.04. The van der Waals surface area contributed by atoms with Crippen molar-refractivity contribution in [3.63, 3.8) is 0 Å². The number of ether oxygens (including phenoxy) is 1. The Hall–Kier alpha value is -2.44. The molecule has 1 heterocycles. The molecule has 0 amide bonds. The van der Waals surface area contributed by atoms with Crippen LogP contribution in [0.1, 0.15) is 23.0 Å². The third kappa shape index (κ3) is 3.55. The van der Waals surface area contributed by atoms with E-state index in [2.05, 4.69) is 20.8 Å². The van der Waals surface area contributed by atoms with Crippen LogP contribution >= 0.6 is 11.6 Å². The second-order valence-corrected chi connectivity index (χ2v) is 5.74. The van der Waals surface area contributed by atoms with Crippen molar-refractivity contribution in [3.8, 4) is 5.75 Å². The minimum atomic E-state index is -0.106. The number of nitrogens with one attached hydrogen (secondary N) is 1. The van der Waals surface area contributed by atoms with Gasteiger partial charge in [-0.1, -0.05) is 41.9 Å². The van der Waals surface area contributed by atoms with Gasteiger partial charge >= 0.3 is 0 Å². The standard InChI is InChI=1S/C17H18ClN5O/c1-23-16(20-21-22-23)11-19-17(14-8-3-4-9-15(14)18)12-6-5-7-13(10-12)24-2/h3-10,17,19H,11H2,1-2H3. The van der Waals surface area contributed by atoms with Gasteiger partial charge in [-0.05, 0) is 39.8 Å². The Labute approximate surface area is 145 Å².